The monoisotopic (exact) mass is 476 g/mol. The number of hydrogen-bond acceptors (Lipinski definition) is 0. The molecule has 1 aromatic rings. The van der Waals surface area contributed by atoms with Crippen LogP contribution in [0.2, 0.25) is 0 Å². The third-order valence-electron chi connectivity index (χ3n) is 1.90. The molecule has 0 saturated heterocycles. The Labute approximate surface area is 160 Å². The summed E-state index contributed by atoms with van der Waals surface area (Å²) in [5, 5.41) is 11.9. The van der Waals surface area contributed by atoms with Crippen molar-refractivity contribution in [2.24, 2.45) is 0 Å². The summed E-state index contributed by atoms with van der Waals surface area (Å²) in [5.74, 6) is 0. The van der Waals surface area contributed by atoms with Crippen molar-refractivity contribution in [3.05, 3.63) is 53.7 Å². The molecule has 0 aliphatic heterocycles. The summed E-state index contributed by atoms with van der Waals surface area (Å²) in [6, 6.07) is 10.0. The van der Waals surface area contributed by atoms with Gasteiger partial charge in [-0.3, -0.25) is 0 Å². The second-order valence-electron chi connectivity index (χ2n) is 3.53. The van der Waals surface area contributed by atoms with Gasteiger partial charge in [0.1, 0.15) is 0 Å². The number of hydrogen-bond donors (Lipinski definition) is 0. The molecule has 1 rings (SSSR count). The molecule has 0 radical (unpaired) electrons. The van der Waals surface area contributed by atoms with Gasteiger partial charge in [-0.25, -0.2) is 12.1 Å². The average molecular weight is 475 g/mol. The molecular formula is C18H38HfN3-5. The maximum atomic E-state index is 3.97. The fraction of sp³-hybridized carbons (Fsp3) is 0.667. The third-order valence-corrected chi connectivity index (χ3v) is 1.90. The van der Waals surface area contributed by atoms with Crippen LogP contribution in [-0.2, 0) is 25.8 Å². The van der Waals surface area contributed by atoms with Crippen molar-refractivity contribution in [2.45, 2.75) is 41.5 Å². The Bertz CT molecular complexity index is 155. The topological polar surface area (TPSA) is 42.3 Å². The molecule has 22 heavy (non-hydrogen) atoms. The largest absolute Gasteiger partial charge is 0.663 e. The van der Waals surface area contributed by atoms with Crippen LogP contribution in [0.1, 0.15) is 41.5 Å². The summed E-state index contributed by atoms with van der Waals surface area (Å²) in [5.41, 5.74) is 0. The Morgan fingerprint density at radius 3 is 0.864 bits per heavy atom. The minimum atomic E-state index is 0. The Morgan fingerprint density at radius 1 is 0.591 bits per heavy atom. The first-order chi connectivity index (χ1) is 9.74. The van der Waals surface area contributed by atoms with Gasteiger partial charge in [0.25, 0.3) is 0 Å². The van der Waals surface area contributed by atoms with Crippen molar-refractivity contribution in [2.75, 3.05) is 39.3 Å². The molecule has 0 N–H and O–H groups in total. The fourth-order valence-electron chi connectivity index (χ4n) is 0.992. The Kier molecular flexibility index (Phi) is 65.6. The number of nitrogens with zero attached hydrogens (tertiary/aromatic N) is 3. The first-order valence-corrected chi connectivity index (χ1v) is 7.81. The smallest absolute Gasteiger partial charge is 0 e. The van der Waals surface area contributed by atoms with Gasteiger partial charge in [0.05, 0.1) is 0 Å². The summed E-state index contributed by atoms with van der Waals surface area (Å²) < 4.78 is 0. The van der Waals surface area contributed by atoms with E-state index in [4.69, 9.17) is 0 Å². The molecular weight excluding hydrogens is 437 g/mol. The molecule has 0 unspecified atom stereocenters. The number of rotatable bonds is 6. The molecule has 0 aliphatic carbocycles. The van der Waals surface area contributed by atoms with E-state index in [2.05, 4.69) is 16.0 Å². The van der Waals surface area contributed by atoms with Gasteiger partial charge >= 0.3 is 0 Å². The molecule has 0 fully saturated rings. The molecule has 134 valence electrons. The van der Waals surface area contributed by atoms with E-state index in [0.29, 0.717) is 0 Å². The second kappa shape index (κ2) is 42.9. The van der Waals surface area contributed by atoms with Crippen LogP contribution in [0.5, 0.6) is 0 Å². The molecule has 4 heteroatoms. The van der Waals surface area contributed by atoms with E-state index < -0.39 is 0 Å². The van der Waals surface area contributed by atoms with Crippen molar-refractivity contribution >= 4 is 0 Å². The maximum absolute atomic E-state index is 3.97. The fourth-order valence-corrected chi connectivity index (χ4v) is 0.992. The van der Waals surface area contributed by atoms with Crippen LogP contribution < -0.4 is 0 Å². The molecule has 0 amide bonds. The van der Waals surface area contributed by atoms with E-state index >= 15 is 0 Å². The minimum absolute atomic E-state index is 0. The summed E-state index contributed by atoms with van der Waals surface area (Å²) in [6.45, 7) is 18.1. The van der Waals surface area contributed by atoms with Gasteiger partial charge in [-0.05, 0) is 0 Å². The standard InChI is InChI=1S/C5H5.3C4H10N.CH3.Hf/c1-2-4-5-3-1;3*1-3-5-4-2;;/h1-5H;3*3-4H2,1-2H3;1H3;/q5*-1;. The zero-order chi connectivity index (χ0) is 15.9. The van der Waals surface area contributed by atoms with Crippen LogP contribution in [0.3, 0.4) is 0 Å². The van der Waals surface area contributed by atoms with Crippen molar-refractivity contribution < 1.29 is 25.8 Å². The maximum Gasteiger partial charge on any atom is 0 e. The molecule has 1 aromatic carbocycles. The van der Waals surface area contributed by atoms with Crippen LogP contribution in [0, 0.1) is 7.43 Å². The zero-order valence-corrected chi connectivity index (χ0v) is 19.6. The Hall–Kier alpha value is 0.100. The molecule has 0 aliphatic rings. The molecule has 0 saturated carbocycles. The molecule has 0 spiro atoms. The average Bonchev–Trinajstić information content (AvgIpc) is 3.02. The summed E-state index contributed by atoms with van der Waals surface area (Å²) in [6.07, 6.45) is 0. The van der Waals surface area contributed by atoms with Gasteiger partial charge in [0.2, 0.25) is 0 Å². The SMILES string of the molecule is CC[N-]CC.CC[N-]CC.CC[N-]CC.[CH3-].[Hf].c1cc[cH-]c1. The van der Waals surface area contributed by atoms with Crippen molar-refractivity contribution in [1.82, 2.24) is 0 Å². The van der Waals surface area contributed by atoms with Crippen LogP contribution in [-0.4, -0.2) is 39.3 Å². The van der Waals surface area contributed by atoms with Gasteiger partial charge in [-0.15, -0.1) is 0 Å². The quantitative estimate of drug-likeness (QED) is 0.355. The van der Waals surface area contributed by atoms with Gasteiger partial charge in [0, 0.05) is 25.8 Å². The molecule has 0 bridgehead atoms. The van der Waals surface area contributed by atoms with Crippen LogP contribution in [0.25, 0.3) is 16.0 Å². The molecule has 3 nitrogen and oxygen atoms in total. The van der Waals surface area contributed by atoms with E-state index in [9.17, 15) is 0 Å². The van der Waals surface area contributed by atoms with Crippen LogP contribution in [0.15, 0.2) is 30.3 Å². The second-order valence-corrected chi connectivity index (χ2v) is 3.53. The van der Waals surface area contributed by atoms with Gasteiger partial charge < -0.3 is 23.4 Å². The van der Waals surface area contributed by atoms with Gasteiger partial charge in [0.15, 0.2) is 0 Å². The molecule has 0 heterocycles. The normalized spacial score (nSPS) is 7.55. The molecule has 0 aromatic heterocycles. The van der Waals surface area contributed by atoms with Crippen LogP contribution in [0.4, 0.5) is 0 Å². The Morgan fingerprint density at radius 2 is 0.818 bits per heavy atom. The van der Waals surface area contributed by atoms with E-state index in [1.54, 1.807) is 0 Å². The van der Waals surface area contributed by atoms with Gasteiger partial charge in [-0.1, -0.05) is 41.5 Å². The van der Waals surface area contributed by atoms with Crippen LogP contribution >= 0.6 is 0 Å². The minimum Gasteiger partial charge on any atom is -0.663 e. The summed E-state index contributed by atoms with van der Waals surface area (Å²) in [4.78, 5) is 0. The van der Waals surface area contributed by atoms with E-state index in [1.807, 2.05) is 71.9 Å². The summed E-state index contributed by atoms with van der Waals surface area (Å²) >= 11 is 0. The predicted octanol–water partition coefficient (Wildman–Crippen LogP) is 6.05. The van der Waals surface area contributed by atoms with E-state index in [-0.39, 0.29) is 33.3 Å². The third kappa shape index (κ3) is 59.5. The molecule has 0 atom stereocenters. The zero-order valence-electron chi connectivity index (χ0n) is 16.0. The van der Waals surface area contributed by atoms with E-state index in [1.165, 1.54) is 0 Å². The van der Waals surface area contributed by atoms with Crippen molar-refractivity contribution in [3.8, 4) is 0 Å². The Balaban J connectivity index is -0.0000000567. The predicted molar refractivity (Wildman–Crippen MR) is 102 cm³/mol. The van der Waals surface area contributed by atoms with Crippen molar-refractivity contribution in [3.63, 3.8) is 0 Å². The first kappa shape index (κ1) is 33.6. The summed E-state index contributed by atoms with van der Waals surface area (Å²) in [7, 11) is 0. The van der Waals surface area contributed by atoms with Crippen molar-refractivity contribution in [1.29, 1.82) is 0 Å². The van der Waals surface area contributed by atoms with E-state index in [0.717, 1.165) is 39.3 Å². The first-order valence-electron chi connectivity index (χ1n) is 7.81. The van der Waals surface area contributed by atoms with Gasteiger partial charge in [-0.2, -0.15) is 57.5 Å².